The van der Waals surface area contributed by atoms with Gasteiger partial charge in [-0.1, -0.05) is 60.2 Å². The van der Waals surface area contributed by atoms with Crippen LogP contribution in [0, 0.1) is 20.8 Å². The van der Waals surface area contributed by atoms with Crippen molar-refractivity contribution in [3.05, 3.63) is 99.6 Å². The Kier molecular flexibility index (Phi) is 6.61. The molecule has 0 aromatic heterocycles. The van der Waals surface area contributed by atoms with Gasteiger partial charge in [0.25, 0.3) is 0 Å². The average Bonchev–Trinajstić information content (AvgIpc) is 2.76. The monoisotopic (exact) mass is 427 g/mol. The van der Waals surface area contributed by atoms with E-state index < -0.39 is 6.04 Å². The van der Waals surface area contributed by atoms with Crippen LogP contribution in [0.4, 0.5) is 5.69 Å². The first-order valence-corrected chi connectivity index (χ1v) is 11.4. The van der Waals surface area contributed by atoms with E-state index in [9.17, 15) is 4.79 Å². The van der Waals surface area contributed by atoms with Crippen molar-refractivity contribution in [2.75, 3.05) is 11.9 Å². The van der Waals surface area contributed by atoms with E-state index in [1.807, 2.05) is 6.07 Å². The van der Waals surface area contributed by atoms with Crippen molar-refractivity contribution < 1.29 is 4.79 Å². The van der Waals surface area contributed by atoms with Crippen LogP contribution in [0.5, 0.6) is 0 Å². The van der Waals surface area contributed by atoms with Gasteiger partial charge in [-0.15, -0.1) is 0 Å². The minimum Gasteiger partial charge on any atom is -0.385 e. The van der Waals surface area contributed by atoms with E-state index in [0.29, 0.717) is 6.42 Å². The third-order valence-electron chi connectivity index (χ3n) is 6.41. The summed E-state index contributed by atoms with van der Waals surface area (Å²) < 4.78 is 0. The van der Waals surface area contributed by atoms with E-state index >= 15 is 0 Å². The van der Waals surface area contributed by atoms with Crippen LogP contribution in [0.25, 0.3) is 0 Å². The predicted molar refractivity (Wildman–Crippen MR) is 132 cm³/mol. The van der Waals surface area contributed by atoms with Gasteiger partial charge in [-0.25, -0.2) is 0 Å². The maximum Gasteiger partial charge on any atom is 0.237 e. The number of aryl methyl sites for hydroxylation is 3. The smallest absolute Gasteiger partial charge is 0.237 e. The summed E-state index contributed by atoms with van der Waals surface area (Å²) >= 11 is 0. The van der Waals surface area contributed by atoms with Crippen LogP contribution in [-0.2, 0) is 17.6 Å². The summed E-state index contributed by atoms with van der Waals surface area (Å²) in [7, 11) is 0. The van der Waals surface area contributed by atoms with Crippen molar-refractivity contribution >= 4 is 11.6 Å². The number of benzene rings is 3. The summed E-state index contributed by atoms with van der Waals surface area (Å²) in [6.45, 7) is 7.11. The number of rotatable bonds is 6. The minimum atomic E-state index is -0.564. The zero-order chi connectivity index (χ0) is 22.7. The van der Waals surface area contributed by atoms with E-state index in [4.69, 9.17) is 5.73 Å². The summed E-state index contributed by atoms with van der Waals surface area (Å²) in [6, 6.07) is 20.7. The van der Waals surface area contributed by atoms with Crippen LogP contribution in [0.3, 0.4) is 0 Å². The first kappa shape index (κ1) is 22.1. The molecule has 166 valence electrons. The maximum absolute atomic E-state index is 13.0. The molecule has 4 heteroatoms. The molecule has 2 atom stereocenters. The largest absolute Gasteiger partial charge is 0.385 e. The van der Waals surface area contributed by atoms with E-state index in [1.54, 1.807) is 0 Å². The lowest BCUT2D eigenvalue weighted by molar-refractivity contribution is -0.123. The summed E-state index contributed by atoms with van der Waals surface area (Å²) in [6.07, 6.45) is 2.30. The second kappa shape index (κ2) is 9.58. The second-order valence-corrected chi connectivity index (χ2v) is 9.05. The molecule has 0 fully saturated rings. The highest BCUT2D eigenvalue weighted by atomic mass is 16.2. The predicted octanol–water partition coefficient (Wildman–Crippen LogP) is 4.75. The molecule has 4 N–H and O–H groups in total. The number of fused-ring (bicyclic) bond motifs is 1. The molecular weight excluding hydrogens is 394 g/mol. The highest BCUT2D eigenvalue weighted by molar-refractivity contribution is 5.82. The highest BCUT2D eigenvalue weighted by Crippen LogP contribution is 2.31. The molecule has 32 heavy (non-hydrogen) atoms. The third-order valence-corrected chi connectivity index (χ3v) is 6.41. The second-order valence-electron chi connectivity index (χ2n) is 9.05. The molecule has 3 aromatic carbocycles. The topological polar surface area (TPSA) is 67.2 Å². The molecule has 0 saturated heterocycles. The van der Waals surface area contributed by atoms with E-state index in [0.717, 1.165) is 30.6 Å². The summed E-state index contributed by atoms with van der Waals surface area (Å²) in [4.78, 5) is 13.0. The van der Waals surface area contributed by atoms with Crippen molar-refractivity contribution in [2.45, 2.75) is 52.1 Å². The van der Waals surface area contributed by atoms with Crippen LogP contribution in [0.2, 0.25) is 0 Å². The molecule has 1 aliphatic heterocycles. The lowest BCUT2D eigenvalue weighted by Crippen LogP contribution is -2.44. The number of amides is 1. The number of anilines is 1. The zero-order valence-corrected chi connectivity index (χ0v) is 19.2. The van der Waals surface area contributed by atoms with Crippen molar-refractivity contribution in [2.24, 2.45) is 5.73 Å². The van der Waals surface area contributed by atoms with E-state index in [1.165, 1.54) is 33.4 Å². The molecule has 0 spiro atoms. The number of hydrogen-bond donors (Lipinski definition) is 3. The van der Waals surface area contributed by atoms with Crippen LogP contribution >= 0.6 is 0 Å². The number of carbonyl (C=O) groups is 1. The number of hydrogen-bond acceptors (Lipinski definition) is 3. The Morgan fingerprint density at radius 1 is 1.03 bits per heavy atom. The Bertz CT molecular complexity index is 1080. The Balaban J connectivity index is 1.44. The lowest BCUT2D eigenvalue weighted by Gasteiger charge is -2.29. The molecule has 1 amide bonds. The molecule has 0 bridgehead atoms. The SMILES string of the molecule is Cc1cc(C)c(C[C@H](N)C(=O)N[C@@H]2CCNc3cc(Cc4ccccc4)ccc32)c(C)c1. The van der Waals surface area contributed by atoms with Crippen molar-refractivity contribution in [3.8, 4) is 0 Å². The molecule has 4 nitrogen and oxygen atoms in total. The molecule has 0 unspecified atom stereocenters. The molecule has 4 rings (SSSR count). The highest BCUT2D eigenvalue weighted by Gasteiger charge is 2.25. The molecule has 3 aromatic rings. The zero-order valence-electron chi connectivity index (χ0n) is 19.2. The first-order valence-electron chi connectivity index (χ1n) is 11.4. The van der Waals surface area contributed by atoms with E-state index in [2.05, 4.69) is 86.0 Å². The quantitative estimate of drug-likeness (QED) is 0.532. The Morgan fingerprint density at radius 2 is 1.75 bits per heavy atom. The van der Waals surface area contributed by atoms with Crippen LogP contribution in [-0.4, -0.2) is 18.5 Å². The summed E-state index contributed by atoms with van der Waals surface area (Å²) in [5, 5.41) is 6.71. The fourth-order valence-corrected chi connectivity index (χ4v) is 4.78. The number of carbonyl (C=O) groups excluding carboxylic acids is 1. The standard InChI is InChI=1S/C28H33N3O/c1-18-13-19(2)24(20(3)14-18)17-25(29)28(32)31-26-11-12-30-27-16-22(9-10-23(26)27)15-21-7-5-4-6-8-21/h4-10,13-14,16,25-26,30H,11-12,15,17,29H2,1-3H3,(H,31,32)/t25-,26+/m0/s1. The average molecular weight is 428 g/mol. The molecule has 0 saturated carbocycles. The van der Waals surface area contributed by atoms with Gasteiger partial charge in [0.05, 0.1) is 12.1 Å². The Hall–Kier alpha value is -3.11. The normalized spacial score (nSPS) is 16.1. The van der Waals surface area contributed by atoms with Crippen LogP contribution in [0.1, 0.15) is 51.4 Å². The molecule has 1 aliphatic rings. The fraction of sp³-hybridized carbons (Fsp3) is 0.321. The minimum absolute atomic E-state index is 0.0178. The van der Waals surface area contributed by atoms with Crippen LogP contribution in [0.15, 0.2) is 60.7 Å². The first-order chi connectivity index (χ1) is 15.4. The van der Waals surface area contributed by atoms with Gasteiger partial charge < -0.3 is 16.4 Å². The van der Waals surface area contributed by atoms with Gasteiger partial charge in [0.1, 0.15) is 0 Å². The summed E-state index contributed by atoms with van der Waals surface area (Å²) in [5.41, 5.74) is 15.9. The van der Waals surface area contributed by atoms with Crippen molar-refractivity contribution in [1.29, 1.82) is 0 Å². The summed E-state index contributed by atoms with van der Waals surface area (Å²) in [5.74, 6) is -0.0874. The Labute approximate surface area is 191 Å². The van der Waals surface area contributed by atoms with Crippen molar-refractivity contribution in [1.82, 2.24) is 5.32 Å². The fourth-order valence-electron chi connectivity index (χ4n) is 4.78. The molecule has 0 aliphatic carbocycles. The van der Waals surface area contributed by atoms with Crippen LogP contribution < -0.4 is 16.4 Å². The maximum atomic E-state index is 13.0. The van der Waals surface area contributed by atoms with Crippen molar-refractivity contribution in [3.63, 3.8) is 0 Å². The number of nitrogens with one attached hydrogen (secondary N) is 2. The molecular formula is C28H33N3O. The third kappa shape index (κ3) is 5.03. The van der Waals surface area contributed by atoms with Gasteiger partial charge in [0.15, 0.2) is 0 Å². The number of nitrogens with two attached hydrogens (primary N) is 1. The van der Waals surface area contributed by atoms with Gasteiger partial charge in [0, 0.05) is 12.2 Å². The van der Waals surface area contributed by atoms with Gasteiger partial charge in [-0.05, 0) is 79.5 Å². The molecule has 0 radical (unpaired) electrons. The van der Waals surface area contributed by atoms with Gasteiger partial charge in [-0.3, -0.25) is 4.79 Å². The lowest BCUT2D eigenvalue weighted by atomic mass is 9.92. The van der Waals surface area contributed by atoms with Gasteiger partial charge in [-0.2, -0.15) is 0 Å². The van der Waals surface area contributed by atoms with Gasteiger partial charge >= 0.3 is 0 Å². The Morgan fingerprint density at radius 3 is 2.47 bits per heavy atom. The van der Waals surface area contributed by atoms with Gasteiger partial charge in [0.2, 0.25) is 5.91 Å². The van der Waals surface area contributed by atoms with E-state index in [-0.39, 0.29) is 11.9 Å². The molecule has 1 heterocycles.